The van der Waals surface area contributed by atoms with Crippen molar-refractivity contribution in [2.24, 2.45) is 4.99 Å². The van der Waals surface area contributed by atoms with Gasteiger partial charge in [-0.15, -0.1) is 24.0 Å². The molecule has 0 bridgehead atoms. The van der Waals surface area contributed by atoms with Gasteiger partial charge in [-0.25, -0.2) is 9.38 Å². The van der Waals surface area contributed by atoms with E-state index in [1.807, 2.05) is 19.1 Å². The summed E-state index contributed by atoms with van der Waals surface area (Å²) >= 11 is 3.20. The summed E-state index contributed by atoms with van der Waals surface area (Å²) in [6.07, 6.45) is 2.42. The summed E-state index contributed by atoms with van der Waals surface area (Å²) in [6.45, 7) is 4.00. The SMILES string of the molecule is CCNC(=NCc1ccco1)NCCc1ccc(F)c(Br)c1.I. The van der Waals surface area contributed by atoms with Gasteiger partial charge < -0.3 is 15.1 Å². The number of hydrogen-bond donors (Lipinski definition) is 2. The van der Waals surface area contributed by atoms with Crippen molar-refractivity contribution < 1.29 is 8.81 Å². The third-order valence-electron chi connectivity index (χ3n) is 3.01. The standard InChI is InChI=1S/C16H19BrFN3O.HI/c1-2-19-16(21-11-13-4-3-9-22-13)20-8-7-12-5-6-15(18)14(17)10-12;/h3-6,9-10H,2,7-8,11H2,1H3,(H2,19,20,21);1H. The molecule has 0 aliphatic rings. The average Bonchev–Trinajstić information content (AvgIpc) is 3.02. The minimum absolute atomic E-state index is 0. The van der Waals surface area contributed by atoms with Gasteiger partial charge in [0.05, 0.1) is 10.7 Å². The molecule has 1 aromatic carbocycles. The first-order chi connectivity index (χ1) is 10.7. The summed E-state index contributed by atoms with van der Waals surface area (Å²) in [5.41, 5.74) is 1.06. The van der Waals surface area contributed by atoms with E-state index in [-0.39, 0.29) is 29.8 Å². The van der Waals surface area contributed by atoms with Gasteiger partial charge in [0.25, 0.3) is 0 Å². The summed E-state index contributed by atoms with van der Waals surface area (Å²) in [4.78, 5) is 4.45. The molecule has 0 spiro atoms. The normalized spacial score (nSPS) is 11.0. The summed E-state index contributed by atoms with van der Waals surface area (Å²) < 4.78 is 18.9. The maximum Gasteiger partial charge on any atom is 0.191 e. The van der Waals surface area contributed by atoms with Crippen molar-refractivity contribution >= 4 is 45.9 Å². The molecule has 1 aromatic heterocycles. The van der Waals surface area contributed by atoms with Crippen LogP contribution in [0, 0.1) is 5.82 Å². The third-order valence-corrected chi connectivity index (χ3v) is 3.62. The lowest BCUT2D eigenvalue weighted by molar-refractivity contribution is 0.512. The van der Waals surface area contributed by atoms with Crippen molar-refractivity contribution in [1.82, 2.24) is 10.6 Å². The van der Waals surface area contributed by atoms with E-state index in [1.54, 1.807) is 18.4 Å². The minimum atomic E-state index is -0.245. The lowest BCUT2D eigenvalue weighted by atomic mass is 10.1. The molecule has 0 saturated heterocycles. The number of hydrogen-bond acceptors (Lipinski definition) is 2. The molecule has 7 heteroatoms. The van der Waals surface area contributed by atoms with Crippen LogP contribution in [0.2, 0.25) is 0 Å². The van der Waals surface area contributed by atoms with Crippen LogP contribution in [-0.4, -0.2) is 19.0 Å². The lowest BCUT2D eigenvalue weighted by Gasteiger charge is -2.11. The number of aliphatic imine (C=N–C) groups is 1. The van der Waals surface area contributed by atoms with Crippen molar-refractivity contribution in [1.29, 1.82) is 0 Å². The highest BCUT2D eigenvalue weighted by Gasteiger charge is 2.02. The van der Waals surface area contributed by atoms with Crippen LogP contribution >= 0.6 is 39.9 Å². The highest BCUT2D eigenvalue weighted by molar-refractivity contribution is 14.0. The van der Waals surface area contributed by atoms with Gasteiger partial charge in [-0.2, -0.15) is 0 Å². The number of nitrogens with zero attached hydrogens (tertiary/aromatic N) is 1. The highest BCUT2D eigenvalue weighted by Crippen LogP contribution is 2.16. The van der Waals surface area contributed by atoms with Crippen molar-refractivity contribution in [2.45, 2.75) is 19.9 Å². The molecule has 4 nitrogen and oxygen atoms in total. The van der Waals surface area contributed by atoms with Crippen LogP contribution in [0.4, 0.5) is 4.39 Å². The number of benzene rings is 1. The molecule has 0 unspecified atom stereocenters. The van der Waals surface area contributed by atoms with E-state index in [0.717, 1.165) is 30.2 Å². The molecule has 0 amide bonds. The van der Waals surface area contributed by atoms with Crippen LogP contribution in [0.5, 0.6) is 0 Å². The molecule has 126 valence electrons. The molecule has 0 radical (unpaired) electrons. The third kappa shape index (κ3) is 6.90. The van der Waals surface area contributed by atoms with Crippen LogP contribution in [0.1, 0.15) is 18.2 Å². The maximum atomic E-state index is 13.2. The Morgan fingerprint density at radius 1 is 1.30 bits per heavy atom. The topological polar surface area (TPSA) is 49.6 Å². The van der Waals surface area contributed by atoms with E-state index in [2.05, 4.69) is 31.6 Å². The highest BCUT2D eigenvalue weighted by atomic mass is 127. The first kappa shape index (κ1) is 20.0. The lowest BCUT2D eigenvalue weighted by Crippen LogP contribution is -2.38. The van der Waals surface area contributed by atoms with E-state index < -0.39 is 0 Å². The number of furan rings is 1. The molecule has 1 heterocycles. The molecule has 0 aliphatic carbocycles. The minimum Gasteiger partial charge on any atom is -0.467 e. The zero-order valence-electron chi connectivity index (χ0n) is 12.8. The number of rotatable bonds is 6. The summed E-state index contributed by atoms with van der Waals surface area (Å²) in [5, 5.41) is 6.43. The van der Waals surface area contributed by atoms with Gasteiger partial charge >= 0.3 is 0 Å². The van der Waals surface area contributed by atoms with Gasteiger partial charge in [-0.3, -0.25) is 0 Å². The predicted molar refractivity (Wildman–Crippen MR) is 105 cm³/mol. The Bertz CT molecular complexity index is 620. The molecule has 0 fully saturated rings. The second-order valence-electron chi connectivity index (χ2n) is 4.70. The van der Waals surface area contributed by atoms with Gasteiger partial charge in [0.15, 0.2) is 5.96 Å². The number of guanidine groups is 1. The van der Waals surface area contributed by atoms with Crippen LogP contribution < -0.4 is 10.6 Å². The van der Waals surface area contributed by atoms with Crippen molar-refractivity contribution in [2.75, 3.05) is 13.1 Å². The average molecular weight is 496 g/mol. The predicted octanol–water partition coefficient (Wildman–Crippen LogP) is 4.10. The van der Waals surface area contributed by atoms with Crippen LogP contribution in [0.3, 0.4) is 0 Å². The monoisotopic (exact) mass is 495 g/mol. The summed E-state index contributed by atoms with van der Waals surface area (Å²) in [5.74, 6) is 1.31. The first-order valence-electron chi connectivity index (χ1n) is 7.17. The van der Waals surface area contributed by atoms with Gasteiger partial charge in [0.2, 0.25) is 0 Å². The Morgan fingerprint density at radius 3 is 2.78 bits per heavy atom. The molecular weight excluding hydrogens is 476 g/mol. The quantitative estimate of drug-likeness (QED) is 0.360. The van der Waals surface area contributed by atoms with E-state index in [0.29, 0.717) is 17.6 Å². The largest absolute Gasteiger partial charge is 0.467 e. The van der Waals surface area contributed by atoms with Gasteiger partial charge in [0, 0.05) is 13.1 Å². The molecule has 0 atom stereocenters. The molecule has 0 aliphatic heterocycles. The van der Waals surface area contributed by atoms with E-state index in [1.165, 1.54) is 6.07 Å². The van der Waals surface area contributed by atoms with E-state index in [9.17, 15) is 4.39 Å². The van der Waals surface area contributed by atoms with Crippen molar-refractivity contribution in [3.8, 4) is 0 Å². The Hall–Kier alpha value is -1.09. The summed E-state index contributed by atoms with van der Waals surface area (Å²) in [6, 6.07) is 8.79. The van der Waals surface area contributed by atoms with Crippen LogP contribution in [0.25, 0.3) is 0 Å². The fourth-order valence-electron chi connectivity index (χ4n) is 1.92. The Balaban J connectivity index is 0.00000264. The molecular formula is C16H20BrFIN3O. The van der Waals surface area contributed by atoms with Crippen LogP contribution in [-0.2, 0) is 13.0 Å². The zero-order chi connectivity index (χ0) is 15.8. The number of halogens is 3. The first-order valence-corrected chi connectivity index (χ1v) is 7.97. The Morgan fingerprint density at radius 2 is 2.13 bits per heavy atom. The Kier molecular flexibility index (Phi) is 9.23. The van der Waals surface area contributed by atoms with E-state index in [4.69, 9.17) is 4.42 Å². The van der Waals surface area contributed by atoms with Crippen LogP contribution in [0.15, 0.2) is 50.5 Å². The molecule has 2 rings (SSSR count). The van der Waals surface area contributed by atoms with Gasteiger partial charge in [-0.1, -0.05) is 6.07 Å². The van der Waals surface area contributed by atoms with Gasteiger partial charge in [0.1, 0.15) is 18.1 Å². The smallest absolute Gasteiger partial charge is 0.191 e. The van der Waals surface area contributed by atoms with Crippen molar-refractivity contribution in [3.05, 3.63) is 58.2 Å². The second kappa shape index (κ2) is 10.6. The number of nitrogens with one attached hydrogen (secondary N) is 2. The fraction of sp³-hybridized carbons (Fsp3) is 0.312. The van der Waals surface area contributed by atoms with Crippen molar-refractivity contribution in [3.63, 3.8) is 0 Å². The molecule has 2 aromatic rings. The fourth-order valence-corrected chi connectivity index (χ4v) is 2.35. The second-order valence-corrected chi connectivity index (χ2v) is 5.55. The summed E-state index contributed by atoms with van der Waals surface area (Å²) in [7, 11) is 0. The van der Waals surface area contributed by atoms with Gasteiger partial charge in [-0.05, 0) is 59.1 Å². The molecule has 2 N–H and O–H groups in total. The zero-order valence-corrected chi connectivity index (χ0v) is 16.7. The maximum absolute atomic E-state index is 13.2. The molecule has 23 heavy (non-hydrogen) atoms. The Labute approximate surface area is 161 Å². The molecule has 0 saturated carbocycles. The van der Waals surface area contributed by atoms with E-state index >= 15 is 0 Å².